The van der Waals surface area contributed by atoms with Crippen LogP contribution in [0.25, 0.3) is 0 Å². The van der Waals surface area contributed by atoms with Gasteiger partial charge >= 0.3 is 0 Å². The van der Waals surface area contributed by atoms with Crippen LogP contribution < -0.4 is 11.1 Å². The molecular weight excluding hydrogens is 246 g/mol. The number of thiocarbonyl (C=S) groups is 1. The van der Waals surface area contributed by atoms with Gasteiger partial charge in [-0.1, -0.05) is 32.5 Å². The molecule has 0 aliphatic carbocycles. The van der Waals surface area contributed by atoms with Crippen molar-refractivity contribution in [2.24, 2.45) is 11.7 Å². The zero-order valence-electron chi connectivity index (χ0n) is 11.7. The minimum absolute atomic E-state index is 0.0710. The molecule has 1 fully saturated rings. The zero-order chi connectivity index (χ0) is 13.8. The third-order valence-corrected chi connectivity index (χ3v) is 4.31. The standard InChI is InChI=1S/C13H25N3OS/c1-4-10(2)9-11(17)15-13(12(14)18)5-7-16(3)8-6-13/h10H,4-9H2,1-3H3,(H2,14,18)(H,15,17). The van der Waals surface area contributed by atoms with E-state index in [1.54, 1.807) is 0 Å². The van der Waals surface area contributed by atoms with Gasteiger partial charge in [-0.3, -0.25) is 4.79 Å². The number of nitrogens with zero attached hydrogens (tertiary/aromatic N) is 1. The molecule has 18 heavy (non-hydrogen) atoms. The average Bonchev–Trinajstić information content (AvgIpc) is 2.31. The number of rotatable bonds is 5. The number of piperidine rings is 1. The highest BCUT2D eigenvalue weighted by molar-refractivity contribution is 7.80. The molecular formula is C13H25N3OS. The van der Waals surface area contributed by atoms with E-state index in [4.69, 9.17) is 18.0 Å². The van der Waals surface area contributed by atoms with E-state index in [2.05, 4.69) is 31.1 Å². The summed E-state index contributed by atoms with van der Waals surface area (Å²) in [6.45, 7) is 6.01. The van der Waals surface area contributed by atoms with Crippen LogP contribution in [0.1, 0.15) is 39.5 Å². The molecule has 0 aromatic rings. The van der Waals surface area contributed by atoms with Gasteiger partial charge < -0.3 is 16.0 Å². The monoisotopic (exact) mass is 271 g/mol. The van der Waals surface area contributed by atoms with E-state index in [1.165, 1.54) is 0 Å². The van der Waals surface area contributed by atoms with Crippen LogP contribution in [0.4, 0.5) is 0 Å². The smallest absolute Gasteiger partial charge is 0.221 e. The van der Waals surface area contributed by atoms with Crippen LogP contribution in [0.2, 0.25) is 0 Å². The highest BCUT2D eigenvalue weighted by atomic mass is 32.1. The van der Waals surface area contributed by atoms with Crippen LogP contribution in [0.15, 0.2) is 0 Å². The molecule has 1 amide bonds. The van der Waals surface area contributed by atoms with Gasteiger partial charge in [-0.2, -0.15) is 0 Å². The molecule has 0 saturated carbocycles. The number of carbonyl (C=O) groups is 1. The van der Waals surface area contributed by atoms with Crippen molar-refractivity contribution in [3.8, 4) is 0 Å². The molecule has 0 spiro atoms. The Kier molecular flexibility index (Phi) is 5.53. The van der Waals surface area contributed by atoms with Crippen LogP contribution in [0, 0.1) is 5.92 Å². The second-order valence-electron chi connectivity index (χ2n) is 5.52. The molecule has 1 atom stereocenters. The van der Waals surface area contributed by atoms with Gasteiger partial charge in [0.15, 0.2) is 0 Å². The topological polar surface area (TPSA) is 58.4 Å². The summed E-state index contributed by atoms with van der Waals surface area (Å²) in [7, 11) is 2.07. The van der Waals surface area contributed by atoms with Crippen molar-refractivity contribution in [3.05, 3.63) is 0 Å². The lowest BCUT2D eigenvalue weighted by Crippen LogP contribution is -2.61. The summed E-state index contributed by atoms with van der Waals surface area (Å²) in [4.78, 5) is 14.7. The van der Waals surface area contributed by atoms with Crippen LogP contribution in [0.3, 0.4) is 0 Å². The maximum Gasteiger partial charge on any atom is 0.221 e. The molecule has 1 aliphatic heterocycles. The summed E-state index contributed by atoms with van der Waals surface area (Å²) >= 11 is 5.17. The number of hydrogen-bond acceptors (Lipinski definition) is 3. The third-order valence-electron chi connectivity index (χ3n) is 3.92. The van der Waals surface area contributed by atoms with Crippen LogP contribution in [-0.2, 0) is 4.79 Å². The molecule has 5 heteroatoms. The Balaban J connectivity index is 2.63. The summed E-state index contributed by atoms with van der Waals surface area (Å²) in [6.07, 6.45) is 3.18. The lowest BCUT2D eigenvalue weighted by molar-refractivity contribution is -0.123. The summed E-state index contributed by atoms with van der Waals surface area (Å²) in [5.74, 6) is 0.473. The van der Waals surface area contributed by atoms with Gasteiger partial charge in [-0.25, -0.2) is 0 Å². The molecule has 1 heterocycles. The van der Waals surface area contributed by atoms with Crippen molar-refractivity contribution in [1.82, 2.24) is 10.2 Å². The lowest BCUT2D eigenvalue weighted by Gasteiger charge is -2.40. The second-order valence-corrected chi connectivity index (χ2v) is 5.96. The van der Waals surface area contributed by atoms with Crippen molar-refractivity contribution in [3.63, 3.8) is 0 Å². The Morgan fingerprint density at radius 3 is 2.50 bits per heavy atom. The van der Waals surface area contributed by atoms with E-state index in [9.17, 15) is 4.79 Å². The minimum Gasteiger partial charge on any atom is -0.391 e. The molecule has 0 bridgehead atoms. The molecule has 1 aliphatic rings. The Morgan fingerprint density at radius 2 is 2.06 bits per heavy atom. The SMILES string of the molecule is CCC(C)CC(=O)NC1(C(N)=S)CCN(C)CC1. The number of carbonyl (C=O) groups excluding carboxylic acids is 1. The fourth-order valence-electron chi connectivity index (χ4n) is 2.21. The zero-order valence-corrected chi connectivity index (χ0v) is 12.5. The summed E-state index contributed by atoms with van der Waals surface area (Å²) in [5.41, 5.74) is 5.39. The van der Waals surface area contributed by atoms with Gasteiger partial charge in [-0.05, 0) is 25.8 Å². The number of likely N-dealkylation sites (tertiary alicyclic amines) is 1. The largest absolute Gasteiger partial charge is 0.391 e. The first-order chi connectivity index (χ1) is 8.39. The maximum absolute atomic E-state index is 12.0. The predicted molar refractivity (Wildman–Crippen MR) is 78.5 cm³/mol. The fourth-order valence-corrected chi connectivity index (χ4v) is 2.47. The molecule has 104 valence electrons. The van der Waals surface area contributed by atoms with Gasteiger partial charge in [0.1, 0.15) is 0 Å². The van der Waals surface area contributed by atoms with Crippen LogP contribution in [0.5, 0.6) is 0 Å². The van der Waals surface area contributed by atoms with Crippen molar-refractivity contribution in [2.45, 2.75) is 45.1 Å². The van der Waals surface area contributed by atoms with Gasteiger partial charge in [0, 0.05) is 19.5 Å². The van der Waals surface area contributed by atoms with Crippen molar-refractivity contribution in [1.29, 1.82) is 0 Å². The molecule has 3 N–H and O–H groups in total. The molecule has 0 radical (unpaired) electrons. The number of amides is 1. The number of hydrogen-bond donors (Lipinski definition) is 2. The number of nitrogens with one attached hydrogen (secondary N) is 1. The first-order valence-corrected chi connectivity index (χ1v) is 7.10. The van der Waals surface area contributed by atoms with Gasteiger partial charge in [0.25, 0.3) is 0 Å². The first-order valence-electron chi connectivity index (χ1n) is 6.69. The van der Waals surface area contributed by atoms with E-state index >= 15 is 0 Å². The van der Waals surface area contributed by atoms with Gasteiger partial charge in [0.2, 0.25) is 5.91 Å². The van der Waals surface area contributed by atoms with E-state index in [0.717, 1.165) is 32.4 Å². The molecule has 4 nitrogen and oxygen atoms in total. The fraction of sp³-hybridized carbons (Fsp3) is 0.846. The van der Waals surface area contributed by atoms with Crippen molar-refractivity contribution in [2.75, 3.05) is 20.1 Å². The van der Waals surface area contributed by atoms with Crippen molar-refractivity contribution < 1.29 is 4.79 Å². The van der Waals surface area contributed by atoms with Gasteiger partial charge in [-0.15, -0.1) is 0 Å². The quantitative estimate of drug-likeness (QED) is 0.740. The van der Waals surface area contributed by atoms with E-state index in [0.29, 0.717) is 17.3 Å². The average molecular weight is 271 g/mol. The molecule has 1 unspecified atom stereocenters. The minimum atomic E-state index is -0.466. The summed E-state index contributed by atoms with van der Waals surface area (Å²) in [5, 5.41) is 3.09. The summed E-state index contributed by atoms with van der Waals surface area (Å²) < 4.78 is 0. The van der Waals surface area contributed by atoms with Crippen LogP contribution in [-0.4, -0.2) is 41.5 Å². The van der Waals surface area contributed by atoms with E-state index < -0.39 is 5.54 Å². The second kappa shape index (κ2) is 6.48. The summed E-state index contributed by atoms with van der Waals surface area (Å²) in [6, 6.07) is 0. The molecule has 1 rings (SSSR count). The predicted octanol–water partition coefficient (Wildman–Crippen LogP) is 1.29. The third kappa shape index (κ3) is 3.92. The molecule has 0 aromatic heterocycles. The Hall–Kier alpha value is -0.680. The Morgan fingerprint density at radius 1 is 1.50 bits per heavy atom. The lowest BCUT2D eigenvalue weighted by atomic mass is 9.87. The first kappa shape index (κ1) is 15.4. The van der Waals surface area contributed by atoms with Crippen molar-refractivity contribution >= 4 is 23.1 Å². The maximum atomic E-state index is 12.0. The normalized spacial score (nSPS) is 21.3. The Labute approximate surface area is 115 Å². The van der Waals surface area contributed by atoms with Gasteiger partial charge in [0.05, 0.1) is 10.5 Å². The number of nitrogens with two attached hydrogens (primary N) is 1. The van der Waals surface area contributed by atoms with E-state index in [1.807, 2.05) is 0 Å². The molecule has 1 saturated heterocycles. The highest BCUT2D eigenvalue weighted by Gasteiger charge is 2.37. The molecule has 0 aromatic carbocycles. The Bertz CT molecular complexity index is 311. The van der Waals surface area contributed by atoms with E-state index in [-0.39, 0.29) is 5.91 Å². The highest BCUT2D eigenvalue weighted by Crippen LogP contribution is 2.22. The van der Waals surface area contributed by atoms with Crippen LogP contribution >= 0.6 is 12.2 Å².